The number of nitrogens with zero attached hydrogens (tertiary/aromatic N) is 5. The average molecular weight is 363 g/mol. The van der Waals surface area contributed by atoms with Gasteiger partial charge < -0.3 is 0 Å². The number of aryl methyl sites for hydroxylation is 2. The highest BCUT2D eigenvalue weighted by Crippen LogP contribution is 2.21. The van der Waals surface area contributed by atoms with Gasteiger partial charge in [-0.2, -0.15) is 10.1 Å². The second kappa shape index (κ2) is 6.54. The number of benzene rings is 1. The van der Waals surface area contributed by atoms with Gasteiger partial charge in [-0.1, -0.05) is 29.3 Å². The van der Waals surface area contributed by atoms with E-state index in [1.165, 1.54) is 10.7 Å². The van der Waals surface area contributed by atoms with Crippen molar-refractivity contribution in [2.75, 3.05) is 0 Å². The lowest BCUT2D eigenvalue weighted by atomic mass is 10.2. The molecule has 1 N–H and O–H groups in total. The van der Waals surface area contributed by atoms with E-state index in [1.807, 2.05) is 19.9 Å². The van der Waals surface area contributed by atoms with Crippen molar-refractivity contribution in [1.82, 2.24) is 25.0 Å². The first-order valence-corrected chi connectivity index (χ1v) is 7.69. The summed E-state index contributed by atoms with van der Waals surface area (Å²) in [6.45, 7) is 3.71. The Balaban J connectivity index is 1.76. The molecular weight excluding hydrogens is 351 g/mol. The third-order valence-electron chi connectivity index (χ3n) is 3.14. The molecule has 9 heteroatoms. The van der Waals surface area contributed by atoms with Crippen molar-refractivity contribution in [3.05, 3.63) is 57.1 Å². The third kappa shape index (κ3) is 3.37. The van der Waals surface area contributed by atoms with Gasteiger partial charge in [-0.25, -0.2) is 14.9 Å². The van der Waals surface area contributed by atoms with E-state index in [-0.39, 0.29) is 5.82 Å². The van der Waals surface area contributed by atoms with E-state index < -0.39 is 5.91 Å². The largest absolute Gasteiger partial charge is 0.311 e. The maximum Gasteiger partial charge on any atom is 0.311 e. The molecule has 0 spiro atoms. The number of carbonyl (C=O) groups excluding carboxylic acids is 1. The van der Waals surface area contributed by atoms with Crippen molar-refractivity contribution in [3.63, 3.8) is 0 Å². The number of hydrogen-bond acceptors (Lipinski definition) is 5. The van der Waals surface area contributed by atoms with E-state index in [0.717, 1.165) is 11.4 Å². The first kappa shape index (κ1) is 16.4. The van der Waals surface area contributed by atoms with Gasteiger partial charge in [0.2, 0.25) is 5.82 Å². The fraction of sp³-hybridized carbons (Fsp3) is 0.133. The van der Waals surface area contributed by atoms with Crippen molar-refractivity contribution in [1.29, 1.82) is 0 Å². The maximum atomic E-state index is 12.1. The van der Waals surface area contributed by atoms with E-state index in [1.54, 1.807) is 18.2 Å². The molecule has 2 aromatic heterocycles. The SMILES string of the molecule is Cc1cc(C)n2nc(C(=O)NN=Cc3ccc(Cl)c(Cl)c3)nc2n1. The summed E-state index contributed by atoms with van der Waals surface area (Å²) in [5.41, 5.74) is 4.70. The molecule has 1 amide bonds. The molecule has 3 rings (SSSR count). The molecule has 0 unspecified atom stereocenters. The smallest absolute Gasteiger partial charge is 0.264 e. The molecule has 0 atom stereocenters. The van der Waals surface area contributed by atoms with Crippen LogP contribution >= 0.6 is 23.2 Å². The fourth-order valence-corrected chi connectivity index (χ4v) is 2.38. The Morgan fingerprint density at radius 3 is 2.75 bits per heavy atom. The second-order valence-electron chi connectivity index (χ2n) is 5.06. The molecule has 0 radical (unpaired) electrons. The van der Waals surface area contributed by atoms with E-state index in [2.05, 4.69) is 25.6 Å². The zero-order valence-electron chi connectivity index (χ0n) is 12.8. The molecule has 0 aliphatic heterocycles. The molecule has 24 heavy (non-hydrogen) atoms. The quantitative estimate of drug-likeness (QED) is 0.573. The molecular formula is C15H12Cl2N6O. The molecule has 7 nitrogen and oxygen atoms in total. The number of fused-ring (bicyclic) bond motifs is 1. The maximum absolute atomic E-state index is 12.1. The van der Waals surface area contributed by atoms with Gasteiger partial charge in [0.1, 0.15) is 0 Å². The predicted molar refractivity (Wildman–Crippen MR) is 91.8 cm³/mol. The number of rotatable bonds is 3. The van der Waals surface area contributed by atoms with Crippen molar-refractivity contribution in [2.24, 2.45) is 5.10 Å². The Bertz CT molecular complexity index is 966. The second-order valence-corrected chi connectivity index (χ2v) is 5.87. The molecule has 0 fully saturated rings. The molecule has 122 valence electrons. The lowest BCUT2D eigenvalue weighted by Gasteiger charge is -1.98. The van der Waals surface area contributed by atoms with Crippen molar-refractivity contribution < 1.29 is 4.79 Å². The standard InChI is InChI=1S/C15H12Cl2N6O/c1-8-5-9(2)23-15(19-8)20-13(22-23)14(24)21-18-7-10-3-4-11(16)12(17)6-10/h3-7H,1-2H3,(H,21,24). The Morgan fingerprint density at radius 1 is 1.21 bits per heavy atom. The van der Waals surface area contributed by atoms with Crippen LogP contribution in [0.4, 0.5) is 0 Å². The number of carbonyl (C=O) groups is 1. The van der Waals surface area contributed by atoms with Crippen LogP contribution < -0.4 is 5.43 Å². The topological polar surface area (TPSA) is 84.5 Å². The Labute approximate surface area is 147 Å². The molecule has 0 saturated heterocycles. The molecule has 0 saturated carbocycles. The van der Waals surface area contributed by atoms with E-state index in [0.29, 0.717) is 21.4 Å². The first-order valence-electron chi connectivity index (χ1n) is 6.93. The van der Waals surface area contributed by atoms with Gasteiger partial charge in [-0.05, 0) is 37.6 Å². The monoisotopic (exact) mass is 362 g/mol. The molecule has 3 aromatic rings. The van der Waals surface area contributed by atoms with E-state index >= 15 is 0 Å². The normalized spacial score (nSPS) is 11.3. The van der Waals surface area contributed by atoms with Crippen LogP contribution in [0.5, 0.6) is 0 Å². The molecule has 2 heterocycles. The van der Waals surface area contributed by atoms with Crippen LogP contribution in [-0.4, -0.2) is 31.7 Å². The van der Waals surface area contributed by atoms with Gasteiger partial charge in [0.25, 0.3) is 5.78 Å². The lowest BCUT2D eigenvalue weighted by Crippen LogP contribution is -2.19. The lowest BCUT2D eigenvalue weighted by molar-refractivity contribution is 0.0945. The zero-order valence-corrected chi connectivity index (χ0v) is 14.3. The predicted octanol–water partition coefficient (Wildman–Crippen LogP) is 2.81. The highest BCUT2D eigenvalue weighted by Gasteiger charge is 2.14. The van der Waals surface area contributed by atoms with Crippen molar-refractivity contribution in [3.8, 4) is 0 Å². The van der Waals surface area contributed by atoms with Gasteiger partial charge in [-0.3, -0.25) is 4.79 Å². The summed E-state index contributed by atoms with van der Waals surface area (Å²) in [5, 5.41) is 8.84. The van der Waals surface area contributed by atoms with Crippen LogP contribution in [-0.2, 0) is 0 Å². The minimum atomic E-state index is -0.533. The van der Waals surface area contributed by atoms with Gasteiger partial charge >= 0.3 is 5.91 Å². The van der Waals surface area contributed by atoms with Crippen LogP contribution in [0.25, 0.3) is 5.78 Å². The van der Waals surface area contributed by atoms with Crippen LogP contribution in [0.2, 0.25) is 10.0 Å². The summed E-state index contributed by atoms with van der Waals surface area (Å²) in [6.07, 6.45) is 1.45. The number of halogens is 2. The highest BCUT2D eigenvalue weighted by molar-refractivity contribution is 6.42. The zero-order chi connectivity index (χ0) is 17.3. The van der Waals surface area contributed by atoms with Gasteiger partial charge in [0, 0.05) is 11.4 Å². The molecule has 0 aliphatic rings. The summed E-state index contributed by atoms with van der Waals surface area (Å²) in [6, 6.07) is 6.86. The Kier molecular flexibility index (Phi) is 4.46. The Hall–Kier alpha value is -2.51. The fourth-order valence-electron chi connectivity index (χ4n) is 2.07. The van der Waals surface area contributed by atoms with Crippen LogP contribution in [0.3, 0.4) is 0 Å². The third-order valence-corrected chi connectivity index (χ3v) is 3.88. The number of nitrogens with one attached hydrogen (secondary N) is 1. The Morgan fingerprint density at radius 2 is 2.00 bits per heavy atom. The minimum Gasteiger partial charge on any atom is -0.264 e. The van der Waals surface area contributed by atoms with Crippen molar-refractivity contribution >= 4 is 41.1 Å². The van der Waals surface area contributed by atoms with Crippen LogP contribution in [0, 0.1) is 13.8 Å². The summed E-state index contributed by atoms with van der Waals surface area (Å²) in [4.78, 5) is 20.4. The molecule has 1 aromatic carbocycles. The average Bonchev–Trinajstić information content (AvgIpc) is 2.95. The highest BCUT2D eigenvalue weighted by atomic mass is 35.5. The van der Waals surface area contributed by atoms with Crippen LogP contribution in [0.1, 0.15) is 27.6 Å². The number of hydrogen-bond donors (Lipinski definition) is 1. The summed E-state index contributed by atoms with van der Waals surface area (Å²) < 4.78 is 1.50. The number of amides is 1. The number of hydrazone groups is 1. The summed E-state index contributed by atoms with van der Waals surface area (Å²) in [5.74, 6) is -0.178. The first-order chi connectivity index (χ1) is 11.4. The number of aromatic nitrogens is 4. The summed E-state index contributed by atoms with van der Waals surface area (Å²) >= 11 is 11.7. The molecule has 0 bridgehead atoms. The van der Waals surface area contributed by atoms with Gasteiger partial charge in [0.05, 0.1) is 16.3 Å². The minimum absolute atomic E-state index is 0.0116. The van der Waals surface area contributed by atoms with E-state index in [9.17, 15) is 4.79 Å². The van der Waals surface area contributed by atoms with Crippen molar-refractivity contribution in [2.45, 2.75) is 13.8 Å². The van der Waals surface area contributed by atoms with Crippen LogP contribution in [0.15, 0.2) is 29.4 Å². The summed E-state index contributed by atoms with van der Waals surface area (Å²) in [7, 11) is 0. The van der Waals surface area contributed by atoms with Gasteiger partial charge in [0.15, 0.2) is 0 Å². The van der Waals surface area contributed by atoms with E-state index in [4.69, 9.17) is 23.2 Å². The van der Waals surface area contributed by atoms with Gasteiger partial charge in [-0.15, -0.1) is 5.10 Å². The molecule has 0 aliphatic carbocycles.